The van der Waals surface area contributed by atoms with Crippen LogP contribution < -0.4 is 0 Å². The van der Waals surface area contributed by atoms with E-state index in [0.717, 1.165) is 78.4 Å². The van der Waals surface area contributed by atoms with Gasteiger partial charge in [0.05, 0.1) is 22.8 Å². The standard InChI is InChI=1S/C46H30N8/c1-7-33(23-35(9-1)41-25-43(37-11-3-19-47-27-37)53-45(51-41)39-13-5-21-49-29-39)31-15-17-32(18-16-31)34-8-2-10-36(24-34)42-26-44(38-12-4-20-48-28-38)54-46(52-42)40-14-6-22-50-30-40/h1-30H. The summed E-state index contributed by atoms with van der Waals surface area (Å²) in [7, 11) is 0. The van der Waals surface area contributed by atoms with Crippen molar-refractivity contribution in [2.24, 2.45) is 0 Å². The summed E-state index contributed by atoms with van der Waals surface area (Å²) in [6.45, 7) is 0. The fourth-order valence-electron chi connectivity index (χ4n) is 6.33. The number of nitrogens with zero attached hydrogens (tertiary/aromatic N) is 8. The van der Waals surface area contributed by atoms with Crippen LogP contribution in [0.4, 0.5) is 0 Å². The molecule has 9 aromatic rings. The van der Waals surface area contributed by atoms with E-state index in [9.17, 15) is 0 Å². The Balaban J connectivity index is 1.04. The van der Waals surface area contributed by atoms with E-state index in [2.05, 4.69) is 92.7 Å². The lowest BCUT2D eigenvalue weighted by Crippen LogP contribution is -1.96. The molecule has 3 aromatic carbocycles. The van der Waals surface area contributed by atoms with Gasteiger partial charge in [0, 0.05) is 83.0 Å². The summed E-state index contributed by atoms with van der Waals surface area (Å²) in [5.41, 5.74) is 13.1. The van der Waals surface area contributed by atoms with Crippen LogP contribution in [-0.4, -0.2) is 39.9 Å². The molecule has 0 saturated carbocycles. The van der Waals surface area contributed by atoms with Crippen LogP contribution in [0.1, 0.15) is 0 Å². The summed E-state index contributed by atoms with van der Waals surface area (Å²) in [4.78, 5) is 36.9. The van der Waals surface area contributed by atoms with Gasteiger partial charge in [0.2, 0.25) is 0 Å². The van der Waals surface area contributed by atoms with Gasteiger partial charge < -0.3 is 0 Å². The van der Waals surface area contributed by atoms with Gasteiger partial charge in [0.25, 0.3) is 0 Å². The van der Waals surface area contributed by atoms with Crippen molar-refractivity contribution in [3.05, 3.63) is 183 Å². The quantitative estimate of drug-likeness (QED) is 0.155. The second kappa shape index (κ2) is 14.6. The summed E-state index contributed by atoms with van der Waals surface area (Å²) in [5.74, 6) is 1.22. The normalized spacial score (nSPS) is 11.0. The Morgan fingerprint density at radius 2 is 0.556 bits per heavy atom. The average Bonchev–Trinajstić information content (AvgIpc) is 3.27. The van der Waals surface area contributed by atoms with Crippen LogP contribution in [0.3, 0.4) is 0 Å². The SMILES string of the molecule is c1cncc(-c2cc(-c3cccc(-c4ccc(-c5cccc(-c6cc(-c7cccnc7)nc(-c7cccnc7)n6)c5)cc4)c3)nc(-c3cccnc3)n2)c1. The predicted molar refractivity (Wildman–Crippen MR) is 212 cm³/mol. The Hall–Kier alpha value is -7.58. The zero-order chi connectivity index (χ0) is 36.1. The number of benzene rings is 3. The summed E-state index contributed by atoms with van der Waals surface area (Å²) < 4.78 is 0. The van der Waals surface area contributed by atoms with Gasteiger partial charge >= 0.3 is 0 Å². The molecule has 0 aliphatic carbocycles. The molecule has 0 fully saturated rings. The second-order valence-corrected chi connectivity index (χ2v) is 12.6. The van der Waals surface area contributed by atoms with Gasteiger partial charge in [-0.05, 0) is 95.1 Å². The van der Waals surface area contributed by atoms with E-state index < -0.39 is 0 Å². The molecule has 0 amide bonds. The topological polar surface area (TPSA) is 103 Å². The molecule has 9 rings (SSSR count). The van der Waals surface area contributed by atoms with E-state index in [0.29, 0.717) is 11.6 Å². The van der Waals surface area contributed by atoms with Crippen molar-refractivity contribution in [1.82, 2.24) is 39.9 Å². The fourth-order valence-corrected chi connectivity index (χ4v) is 6.33. The van der Waals surface area contributed by atoms with Crippen LogP contribution in [0, 0.1) is 0 Å². The summed E-state index contributed by atoms with van der Waals surface area (Å²) in [6.07, 6.45) is 14.2. The Bertz CT molecular complexity index is 2380. The lowest BCUT2D eigenvalue weighted by Gasteiger charge is -2.11. The molecule has 0 spiro atoms. The van der Waals surface area contributed by atoms with Crippen molar-refractivity contribution in [1.29, 1.82) is 0 Å². The van der Waals surface area contributed by atoms with E-state index in [1.165, 1.54) is 0 Å². The molecule has 0 aliphatic rings. The van der Waals surface area contributed by atoms with Gasteiger partial charge in [-0.25, -0.2) is 19.9 Å². The van der Waals surface area contributed by atoms with Crippen molar-refractivity contribution in [3.8, 4) is 90.1 Å². The van der Waals surface area contributed by atoms with Crippen LogP contribution in [0.15, 0.2) is 183 Å². The van der Waals surface area contributed by atoms with Gasteiger partial charge in [-0.15, -0.1) is 0 Å². The highest BCUT2D eigenvalue weighted by Gasteiger charge is 2.14. The number of pyridine rings is 4. The third-order valence-electron chi connectivity index (χ3n) is 9.07. The Morgan fingerprint density at radius 1 is 0.241 bits per heavy atom. The predicted octanol–water partition coefficient (Wildman–Crippen LogP) is 10.2. The van der Waals surface area contributed by atoms with Crippen molar-refractivity contribution < 1.29 is 0 Å². The second-order valence-electron chi connectivity index (χ2n) is 12.6. The van der Waals surface area contributed by atoms with Crippen molar-refractivity contribution in [3.63, 3.8) is 0 Å². The molecule has 54 heavy (non-hydrogen) atoms. The lowest BCUT2D eigenvalue weighted by atomic mass is 9.97. The highest BCUT2D eigenvalue weighted by molar-refractivity contribution is 5.79. The molecule has 0 aliphatic heterocycles. The number of rotatable bonds is 8. The highest BCUT2D eigenvalue weighted by atomic mass is 14.9. The van der Waals surface area contributed by atoms with E-state index in [1.807, 2.05) is 73.1 Å². The largest absolute Gasteiger partial charge is 0.264 e. The number of aromatic nitrogens is 8. The van der Waals surface area contributed by atoms with Crippen LogP contribution in [0.25, 0.3) is 90.1 Å². The maximum absolute atomic E-state index is 4.98. The van der Waals surface area contributed by atoms with Gasteiger partial charge in [-0.3, -0.25) is 19.9 Å². The molecule has 8 heteroatoms. The maximum atomic E-state index is 4.98. The molecule has 0 radical (unpaired) electrons. The summed E-state index contributed by atoms with van der Waals surface area (Å²) in [5, 5.41) is 0. The summed E-state index contributed by atoms with van der Waals surface area (Å²) >= 11 is 0. The first kappa shape index (κ1) is 32.3. The zero-order valence-electron chi connectivity index (χ0n) is 28.9. The van der Waals surface area contributed by atoms with E-state index in [-0.39, 0.29) is 0 Å². The molecule has 0 unspecified atom stereocenters. The average molecular weight is 695 g/mol. The Labute approximate surface area is 312 Å². The lowest BCUT2D eigenvalue weighted by molar-refractivity contribution is 1.16. The molecular weight excluding hydrogens is 665 g/mol. The minimum atomic E-state index is 0.611. The van der Waals surface area contributed by atoms with Gasteiger partial charge in [0.1, 0.15) is 0 Å². The van der Waals surface area contributed by atoms with Gasteiger partial charge in [-0.1, -0.05) is 60.7 Å². The van der Waals surface area contributed by atoms with Crippen molar-refractivity contribution in [2.45, 2.75) is 0 Å². The fraction of sp³-hybridized carbons (Fsp3) is 0. The first-order valence-corrected chi connectivity index (χ1v) is 17.4. The minimum Gasteiger partial charge on any atom is -0.264 e. The molecular formula is C46H30N8. The Morgan fingerprint density at radius 3 is 0.907 bits per heavy atom. The highest BCUT2D eigenvalue weighted by Crippen LogP contribution is 2.33. The van der Waals surface area contributed by atoms with Crippen molar-refractivity contribution in [2.75, 3.05) is 0 Å². The van der Waals surface area contributed by atoms with Gasteiger partial charge in [-0.2, -0.15) is 0 Å². The molecule has 0 N–H and O–H groups in total. The summed E-state index contributed by atoms with van der Waals surface area (Å²) in [6, 6.07) is 45.1. The first-order chi connectivity index (χ1) is 26.7. The molecule has 0 bridgehead atoms. The zero-order valence-corrected chi connectivity index (χ0v) is 28.9. The number of hydrogen-bond acceptors (Lipinski definition) is 8. The van der Waals surface area contributed by atoms with Crippen molar-refractivity contribution >= 4 is 0 Å². The molecule has 0 saturated heterocycles. The third kappa shape index (κ3) is 6.87. The molecule has 8 nitrogen and oxygen atoms in total. The monoisotopic (exact) mass is 694 g/mol. The minimum absolute atomic E-state index is 0.611. The van der Waals surface area contributed by atoms with Crippen LogP contribution >= 0.6 is 0 Å². The molecule has 254 valence electrons. The molecule has 0 atom stereocenters. The third-order valence-corrected chi connectivity index (χ3v) is 9.07. The van der Waals surface area contributed by atoms with E-state index in [1.54, 1.807) is 37.2 Å². The smallest absolute Gasteiger partial charge is 0.161 e. The molecule has 6 heterocycles. The maximum Gasteiger partial charge on any atom is 0.161 e. The Kier molecular flexibility index (Phi) is 8.73. The van der Waals surface area contributed by atoms with Crippen LogP contribution in [-0.2, 0) is 0 Å². The van der Waals surface area contributed by atoms with E-state index in [4.69, 9.17) is 19.9 Å². The molecule has 6 aromatic heterocycles. The van der Waals surface area contributed by atoms with Gasteiger partial charge in [0.15, 0.2) is 11.6 Å². The first-order valence-electron chi connectivity index (χ1n) is 17.4. The van der Waals surface area contributed by atoms with Crippen LogP contribution in [0.2, 0.25) is 0 Å². The number of hydrogen-bond donors (Lipinski definition) is 0. The van der Waals surface area contributed by atoms with Crippen LogP contribution in [0.5, 0.6) is 0 Å². The van der Waals surface area contributed by atoms with E-state index >= 15 is 0 Å².